The number of piperidine rings is 3. The Labute approximate surface area is 182 Å². The van der Waals surface area contributed by atoms with Crippen LogP contribution >= 0.6 is 12.2 Å². The number of alkyl halides is 3. The smallest absolute Gasteiger partial charge is 0.348 e. The van der Waals surface area contributed by atoms with E-state index in [-0.39, 0.29) is 11.9 Å². The number of H-pyrrole nitrogens is 1. The van der Waals surface area contributed by atoms with Gasteiger partial charge in [0.25, 0.3) is 5.91 Å². The molecule has 3 saturated heterocycles. The Kier molecular flexibility index (Phi) is 4.97. The maximum atomic E-state index is 13.0. The van der Waals surface area contributed by atoms with Gasteiger partial charge in [0.1, 0.15) is 5.82 Å². The zero-order chi connectivity index (χ0) is 21.8. The molecular weight excluding hydrogens is 425 g/mol. The molecule has 3 fully saturated rings. The molecule has 0 spiro atoms. The molecule has 2 bridgehead atoms. The molecule has 1 aromatic heterocycles. The molecule has 4 heterocycles. The van der Waals surface area contributed by atoms with Crippen molar-refractivity contribution in [2.45, 2.75) is 31.5 Å². The number of allylic oxidation sites excluding steroid dienone is 3. The van der Waals surface area contributed by atoms with Gasteiger partial charge in [-0.25, -0.2) is 4.98 Å². The van der Waals surface area contributed by atoms with Gasteiger partial charge in [0.15, 0.2) is 0 Å². The number of aromatic nitrogens is 2. The fourth-order valence-corrected chi connectivity index (χ4v) is 4.90. The number of hydrogen-bond donors (Lipinski definition) is 2. The van der Waals surface area contributed by atoms with Crippen molar-refractivity contribution in [3.63, 3.8) is 0 Å². The fourth-order valence-electron chi connectivity index (χ4n) is 4.66. The molecule has 1 aliphatic carbocycles. The Morgan fingerprint density at radius 3 is 2.71 bits per heavy atom. The number of benzene rings is 1. The number of rotatable bonds is 3. The molecule has 0 saturated carbocycles. The molecule has 31 heavy (non-hydrogen) atoms. The SMILES string of the molecule is O=C(NC1CN2CCC1CC2)C1=CC(c2nc3ccc(C(F)(F)F)cc3[nH]2)=CCC1=S. The Hall–Kier alpha value is -2.52. The van der Waals surface area contributed by atoms with Crippen LogP contribution < -0.4 is 5.32 Å². The number of carbonyl (C=O) groups is 1. The highest BCUT2D eigenvalue weighted by atomic mass is 32.1. The molecule has 1 amide bonds. The van der Waals surface area contributed by atoms with Gasteiger partial charge in [0.05, 0.1) is 22.2 Å². The Morgan fingerprint density at radius 2 is 2.03 bits per heavy atom. The van der Waals surface area contributed by atoms with Crippen LogP contribution in [0.15, 0.2) is 35.9 Å². The molecule has 9 heteroatoms. The van der Waals surface area contributed by atoms with Gasteiger partial charge in [0.2, 0.25) is 0 Å². The number of fused-ring (bicyclic) bond motifs is 4. The van der Waals surface area contributed by atoms with Crippen molar-refractivity contribution >= 4 is 39.6 Å². The summed E-state index contributed by atoms with van der Waals surface area (Å²) in [5.74, 6) is 0.731. The fraction of sp³-hybridized carbons (Fsp3) is 0.409. The van der Waals surface area contributed by atoms with Crippen molar-refractivity contribution in [2.24, 2.45) is 5.92 Å². The van der Waals surface area contributed by atoms with Crippen LogP contribution in [-0.2, 0) is 11.0 Å². The first-order valence-electron chi connectivity index (χ1n) is 10.3. The van der Waals surface area contributed by atoms with Gasteiger partial charge in [-0.3, -0.25) is 4.79 Å². The van der Waals surface area contributed by atoms with Crippen LogP contribution in [0.1, 0.15) is 30.7 Å². The predicted octanol–water partition coefficient (Wildman–Crippen LogP) is 3.88. The van der Waals surface area contributed by atoms with Crippen LogP contribution in [0.25, 0.3) is 16.6 Å². The van der Waals surface area contributed by atoms with E-state index in [9.17, 15) is 18.0 Å². The van der Waals surface area contributed by atoms with Crippen molar-refractivity contribution in [1.29, 1.82) is 0 Å². The van der Waals surface area contributed by atoms with Crippen molar-refractivity contribution in [1.82, 2.24) is 20.2 Å². The van der Waals surface area contributed by atoms with E-state index in [1.54, 1.807) is 6.08 Å². The van der Waals surface area contributed by atoms with Gasteiger partial charge < -0.3 is 15.2 Å². The standard InChI is InChI=1S/C22H21F3N4OS/c23-22(24,25)14-2-3-16-17(10-14)27-20(26-16)13-1-4-19(31)15(9-13)21(30)28-18-11-29-7-5-12(18)6-8-29/h1-3,9-10,12,18H,4-8,11H2,(H,26,27)(H,28,30). The van der Waals surface area contributed by atoms with E-state index in [2.05, 4.69) is 20.2 Å². The van der Waals surface area contributed by atoms with Gasteiger partial charge in [-0.2, -0.15) is 13.2 Å². The summed E-state index contributed by atoms with van der Waals surface area (Å²) in [4.78, 5) is 23.3. The highest BCUT2D eigenvalue weighted by molar-refractivity contribution is 7.81. The summed E-state index contributed by atoms with van der Waals surface area (Å²) in [6.45, 7) is 3.05. The van der Waals surface area contributed by atoms with Crippen molar-refractivity contribution in [3.05, 3.63) is 47.3 Å². The molecule has 1 atom stereocenters. The second kappa shape index (κ2) is 7.56. The van der Waals surface area contributed by atoms with E-state index in [4.69, 9.17) is 12.2 Å². The molecule has 0 radical (unpaired) electrons. The van der Waals surface area contributed by atoms with Crippen molar-refractivity contribution in [2.75, 3.05) is 19.6 Å². The summed E-state index contributed by atoms with van der Waals surface area (Å²) in [7, 11) is 0. The van der Waals surface area contributed by atoms with Gasteiger partial charge >= 0.3 is 6.18 Å². The van der Waals surface area contributed by atoms with Crippen LogP contribution in [0.5, 0.6) is 0 Å². The summed E-state index contributed by atoms with van der Waals surface area (Å²) in [5.41, 5.74) is 1.08. The molecule has 2 aromatic rings. The minimum atomic E-state index is -4.42. The molecule has 2 N–H and O–H groups in total. The normalized spacial score (nSPS) is 26.0. The Balaban J connectivity index is 1.39. The minimum Gasteiger partial charge on any atom is -0.348 e. The third kappa shape index (κ3) is 3.92. The van der Waals surface area contributed by atoms with Gasteiger partial charge in [-0.05, 0) is 56.1 Å². The number of carbonyl (C=O) groups excluding carboxylic acids is 1. The quantitative estimate of drug-likeness (QED) is 0.703. The highest BCUT2D eigenvalue weighted by Gasteiger charge is 2.36. The van der Waals surface area contributed by atoms with E-state index in [0.29, 0.717) is 45.2 Å². The number of imidazole rings is 1. The Bertz CT molecular complexity index is 1130. The van der Waals surface area contributed by atoms with Crippen LogP contribution in [0.3, 0.4) is 0 Å². The lowest BCUT2D eigenvalue weighted by Crippen LogP contribution is -2.57. The predicted molar refractivity (Wildman–Crippen MR) is 115 cm³/mol. The first kappa shape index (κ1) is 20.4. The van der Waals surface area contributed by atoms with Crippen LogP contribution in [0, 0.1) is 5.92 Å². The van der Waals surface area contributed by atoms with E-state index < -0.39 is 11.7 Å². The summed E-state index contributed by atoms with van der Waals surface area (Å²) in [6.07, 6.45) is 1.71. The molecule has 5 nitrogen and oxygen atoms in total. The van der Waals surface area contributed by atoms with Crippen molar-refractivity contribution in [3.8, 4) is 0 Å². The number of aromatic amines is 1. The van der Waals surface area contributed by atoms with Crippen molar-refractivity contribution < 1.29 is 18.0 Å². The van der Waals surface area contributed by atoms with E-state index >= 15 is 0 Å². The maximum Gasteiger partial charge on any atom is 0.416 e. The zero-order valence-corrected chi connectivity index (χ0v) is 17.4. The van der Waals surface area contributed by atoms with Gasteiger partial charge in [-0.1, -0.05) is 18.3 Å². The second-order valence-corrected chi connectivity index (χ2v) is 8.87. The largest absolute Gasteiger partial charge is 0.416 e. The van der Waals surface area contributed by atoms with Gasteiger partial charge in [-0.15, -0.1) is 0 Å². The first-order chi connectivity index (χ1) is 14.8. The number of nitrogens with zero attached hydrogens (tertiary/aromatic N) is 2. The highest BCUT2D eigenvalue weighted by Crippen LogP contribution is 2.32. The number of thiocarbonyl (C=S) groups is 1. The number of halogens is 3. The molecular formula is C22H21F3N4OS. The number of nitrogens with one attached hydrogen (secondary N) is 2. The molecule has 1 unspecified atom stereocenters. The Morgan fingerprint density at radius 1 is 1.26 bits per heavy atom. The summed E-state index contributed by atoms with van der Waals surface area (Å²) in [5, 5.41) is 3.15. The third-order valence-electron chi connectivity index (χ3n) is 6.41. The molecule has 3 aliphatic heterocycles. The second-order valence-electron chi connectivity index (χ2n) is 8.38. The van der Waals surface area contributed by atoms with Crippen LogP contribution in [0.2, 0.25) is 0 Å². The lowest BCUT2D eigenvalue weighted by molar-refractivity contribution is -0.137. The monoisotopic (exact) mass is 446 g/mol. The summed E-state index contributed by atoms with van der Waals surface area (Å²) in [6, 6.07) is 3.53. The van der Waals surface area contributed by atoms with E-state index in [1.165, 1.54) is 6.07 Å². The van der Waals surface area contributed by atoms with Crippen LogP contribution in [-0.4, -0.2) is 51.3 Å². The van der Waals surface area contributed by atoms with Crippen LogP contribution in [0.4, 0.5) is 13.2 Å². The average molecular weight is 446 g/mol. The summed E-state index contributed by atoms with van der Waals surface area (Å²) >= 11 is 5.42. The molecule has 6 rings (SSSR count). The maximum absolute atomic E-state index is 13.0. The molecule has 4 aliphatic rings. The lowest BCUT2D eigenvalue weighted by Gasteiger charge is -2.45. The average Bonchev–Trinajstić information content (AvgIpc) is 3.17. The van der Waals surface area contributed by atoms with E-state index in [1.807, 2.05) is 6.08 Å². The summed E-state index contributed by atoms with van der Waals surface area (Å²) < 4.78 is 39.0. The van der Waals surface area contributed by atoms with E-state index in [0.717, 1.165) is 44.6 Å². The topological polar surface area (TPSA) is 61.0 Å². The van der Waals surface area contributed by atoms with Gasteiger partial charge in [0, 0.05) is 29.4 Å². The number of amides is 1. The lowest BCUT2D eigenvalue weighted by atomic mass is 9.84. The molecule has 162 valence electrons. The zero-order valence-electron chi connectivity index (χ0n) is 16.6. The third-order valence-corrected chi connectivity index (χ3v) is 6.79. The minimum absolute atomic E-state index is 0.125. The first-order valence-corrected chi connectivity index (χ1v) is 10.7. The number of hydrogen-bond acceptors (Lipinski definition) is 4. The molecule has 1 aromatic carbocycles.